The van der Waals surface area contributed by atoms with Gasteiger partial charge >= 0.3 is 0 Å². The number of nitrogens with zero attached hydrogens (tertiary/aromatic N) is 6. The summed E-state index contributed by atoms with van der Waals surface area (Å²) in [6.07, 6.45) is 6.22. The molecule has 1 aliphatic heterocycles. The highest BCUT2D eigenvalue weighted by Crippen LogP contribution is 2.19. The minimum atomic E-state index is 0.0273. The lowest BCUT2D eigenvalue weighted by Crippen LogP contribution is -2.35. The molecule has 158 valence electrons. The first-order valence-electron chi connectivity index (χ1n) is 10.8. The van der Waals surface area contributed by atoms with E-state index in [1.807, 2.05) is 38.1 Å². The van der Waals surface area contributed by atoms with Crippen LogP contribution in [0.1, 0.15) is 67.5 Å². The molecule has 0 atom stereocenters. The first-order chi connectivity index (χ1) is 13.9. The van der Waals surface area contributed by atoms with E-state index in [1.165, 1.54) is 19.3 Å². The van der Waals surface area contributed by atoms with Crippen LogP contribution in [-0.2, 0) is 20.0 Å². The summed E-state index contributed by atoms with van der Waals surface area (Å²) in [5.74, 6) is 1.19. The Kier molecular flexibility index (Phi) is 6.87. The molecule has 7 nitrogen and oxygen atoms in total. The minimum absolute atomic E-state index is 0.0273. The van der Waals surface area contributed by atoms with E-state index in [2.05, 4.69) is 28.8 Å². The largest absolute Gasteiger partial charge is 0.341 e. The molecule has 0 aliphatic carbocycles. The van der Waals surface area contributed by atoms with Crippen molar-refractivity contribution in [2.75, 3.05) is 24.5 Å². The fourth-order valence-corrected chi connectivity index (χ4v) is 3.93. The number of rotatable bonds is 7. The molecule has 29 heavy (non-hydrogen) atoms. The lowest BCUT2D eigenvalue weighted by Gasteiger charge is -2.28. The predicted molar refractivity (Wildman–Crippen MR) is 115 cm³/mol. The number of carbonyl (C=O) groups excluding carboxylic acids is 1. The van der Waals surface area contributed by atoms with E-state index in [0.29, 0.717) is 24.6 Å². The van der Waals surface area contributed by atoms with Crippen LogP contribution >= 0.6 is 0 Å². The van der Waals surface area contributed by atoms with Crippen LogP contribution in [0, 0.1) is 12.8 Å². The van der Waals surface area contributed by atoms with Crippen molar-refractivity contribution in [2.45, 2.75) is 59.9 Å². The van der Waals surface area contributed by atoms with E-state index in [-0.39, 0.29) is 5.91 Å². The van der Waals surface area contributed by atoms with Crippen LogP contribution in [0.2, 0.25) is 0 Å². The van der Waals surface area contributed by atoms with Crippen molar-refractivity contribution in [1.82, 2.24) is 24.6 Å². The van der Waals surface area contributed by atoms with Gasteiger partial charge < -0.3 is 9.80 Å². The van der Waals surface area contributed by atoms with Gasteiger partial charge in [-0.25, -0.2) is 9.97 Å². The number of aromatic nitrogens is 4. The second-order valence-electron chi connectivity index (χ2n) is 8.44. The molecule has 1 fully saturated rings. The topological polar surface area (TPSA) is 67.2 Å². The van der Waals surface area contributed by atoms with Crippen molar-refractivity contribution in [2.24, 2.45) is 13.0 Å². The maximum Gasteiger partial charge on any atom is 0.257 e. The van der Waals surface area contributed by atoms with Gasteiger partial charge in [0.2, 0.25) is 5.95 Å². The van der Waals surface area contributed by atoms with Crippen LogP contribution in [0.3, 0.4) is 0 Å². The van der Waals surface area contributed by atoms with Gasteiger partial charge in [0.15, 0.2) is 0 Å². The molecule has 2 aromatic heterocycles. The summed E-state index contributed by atoms with van der Waals surface area (Å²) in [4.78, 5) is 27.0. The Hall–Kier alpha value is -2.44. The highest BCUT2D eigenvalue weighted by molar-refractivity contribution is 5.95. The van der Waals surface area contributed by atoms with Gasteiger partial charge in [0.1, 0.15) is 0 Å². The Morgan fingerprint density at radius 1 is 1.21 bits per heavy atom. The van der Waals surface area contributed by atoms with Crippen molar-refractivity contribution < 1.29 is 4.79 Å². The van der Waals surface area contributed by atoms with E-state index < -0.39 is 0 Å². The molecule has 2 aromatic rings. The Morgan fingerprint density at radius 2 is 1.93 bits per heavy atom. The Balaban J connectivity index is 1.86. The predicted octanol–water partition coefficient (Wildman–Crippen LogP) is 3.37. The lowest BCUT2D eigenvalue weighted by molar-refractivity contribution is 0.0719. The first kappa shape index (κ1) is 21.3. The van der Waals surface area contributed by atoms with Crippen LogP contribution in [-0.4, -0.2) is 50.2 Å². The van der Waals surface area contributed by atoms with Crippen LogP contribution in [0.4, 0.5) is 5.95 Å². The van der Waals surface area contributed by atoms with Gasteiger partial charge in [-0.3, -0.25) is 9.48 Å². The zero-order chi connectivity index (χ0) is 21.0. The third-order valence-corrected chi connectivity index (χ3v) is 5.23. The number of aryl methyl sites for hydroxylation is 3. The molecular weight excluding hydrogens is 364 g/mol. The molecule has 0 unspecified atom stereocenters. The molecular formula is C22H34N6O. The SMILES string of the molecule is CCc1nn(C)cc1C(=O)N(Cc1cc(C)nc(N2CCCCC2)n1)CC(C)C. The standard InChI is InChI=1S/C22H34N6O/c1-6-20-19(15-26(5)25-20)21(29)28(13-16(2)3)14-18-12-17(4)23-22(24-18)27-10-8-7-9-11-27/h12,15-16H,6-11,13-14H2,1-5H3. The first-order valence-corrected chi connectivity index (χ1v) is 10.8. The van der Waals surface area contributed by atoms with Gasteiger partial charge in [-0.1, -0.05) is 20.8 Å². The molecule has 0 N–H and O–H groups in total. The van der Waals surface area contributed by atoms with Gasteiger partial charge in [0.25, 0.3) is 5.91 Å². The van der Waals surface area contributed by atoms with Gasteiger partial charge in [-0.05, 0) is 44.6 Å². The number of anilines is 1. The summed E-state index contributed by atoms with van der Waals surface area (Å²) in [5, 5.41) is 4.45. The maximum atomic E-state index is 13.4. The third-order valence-electron chi connectivity index (χ3n) is 5.23. The molecule has 1 saturated heterocycles. The van der Waals surface area contributed by atoms with Crippen molar-refractivity contribution in [3.05, 3.63) is 34.9 Å². The van der Waals surface area contributed by atoms with Crippen LogP contribution in [0.5, 0.6) is 0 Å². The number of hydrogen-bond donors (Lipinski definition) is 0. The summed E-state index contributed by atoms with van der Waals surface area (Å²) in [6, 6.07) is 2.00. The Labute approximate surface area is 174 Å². The highest BCUT2D eigenvalue weighted by Gasteiger charge is 2.23. The fraction of sp³-hybridized carbons (Fsp3) is 0.636. The molecule has 0 radical (unpaired) electrons. The third kappa shape index (κ3) is 5.34. The average molecular weight is 399 g/mol. The molecule has 0 spiro atoms. The number of piperidine rings is 1. The lowest BCUT2D eigenvalue weighted by atomic mass is 10.1. The fourth-order valence-electron chi connectivity index (χ4n) is 3.93. The molecule has 1 amide bonds. The van der Waals surface area contributed by atoms with Crippen LogP contribution in [0.25, 0.3) is 0 Å². The molecule has 0 bridgehead atoms. The Morgan fingerprint density at radius 3 is 2.59 bits per heavy atom. The van der Waals surface area contributed by atoms with E-state index in [0.717, 1.165) is 42.5 Å². The molecule has 3 heterocycles. The van der Waals surface area contributed by atoms with Crippen molar-refractivity contribution in [3.8, 4) is 0 Å². The van der Waals surface area contributed by atoms with E-state index in [1.54, 1.807) is 4.68 Å². The quantitative estimate of drug-likeness (QED) is 0.715. The molecule has 0 aromatic carbocycles. The monoisotopic (exact) mass is 398 g/mol. The average Bonchev–Trinajstić information content (AvgIpc) is 3.07. The summed E-state index contributed by atoms with van der Waals surface area (Å²) >= 11 is 0. The van der Waals surface area contributed by atoms with Gasteiger partial charge in [0.05, 0.1) is 23.5 Å². The van der Waals surface area contributed by atoms with Crippen molar-refractivity contribution in [1.29, 1.82) is 0 Å². The summed E-state index contributed by atoms with van der Waals surface area (Å²) in [5.41, 5.74) is 3.38. The zero-order valence-corrected chi connectivity index (χ0v) is 18.5. The number of hydrogen-bond acceptors (Lipinski definition) is 5. The van der Waals surface area contributed by atoms with Crippen molar-refractivity contribution in [3.63, 3.8) is 0 Å². The minimum Gasteiger partial charge on any atom is -0.341 e. The molecule has 0 saturated carbocycles. The summed E-state index contributed by atoms with van der Waals surface area (Å²) in [6.45, 7) is 11.5. The van der Waals surface area contributed by atoms with Gasteiger partial charge in [0, 0.05) is 38.6 Å². The van der Waals surface area contributed by atoms with E-state index >= 15 is 0 Å². The van der Waals surface area contributed by atoms with Gasteiger partial charge in [-0.2, -0.15) is 5.10 Å². The molecule has 1 aliphatic rings. The number of amides is 1. The second kappa shape index (κ2) is 9.37. The zero-order valence-electron chi connectivity index (χ0n) is 18.5. The second-order valence-corrected chi connectivity index (χ2v) is 8.44. The van der Waals surface area contributed by atoms with E-state index in [4.69, 9.17) is 4.98 Å². The van der Waals surface area contributed by atoms with Crippen LogP contribution in [0.15, 0.2) is 12.3 Å². The van der Waals surface area contributed by atoms with E-state index in [9.17, 15) is 4.79 Å². The van der Waals surface area contributed by atoms with Gasteiger partial charge in [-0.15, -0.1) is 0 Å². The normalized spacial score (nSPS) is 14.5. The van der Waals surface area contributed by atoms with Crippen molar-refractivity contribution >= 4 is 11.9 Å². The van der Waals surface area contributed by atoms with Crippen LogP contribution < -0.4 is 4.90 Å². The Bertz CT molecular complexity index is 838. The summed E-state index contributed by atoms with van der Waals surface area (Å²) in [7, 11) is 1.86. The number of carbonyl (C=O) groups is 1. The smallest absolute Gasteiger partial charge is 0.257 e. The molecule has 3 rings (SSSR count). The summed E-state index contributed by atoms with van der Waals surface area (Å²) < 4.78 is 1.73. The maximum absolute atomic E-state index is 13.4. The molecule has 7 heteroatoms. The highest BCUT2D eigenvalue weighted by atomic mass is 16.2.